The summed E-state index contributed by atoms with van der Waals surface area (Å²) in [7, 11) is 1.55. The molecule has 0 saturated heterocycles. The molecule has 6 heteroatoms. The number of hydrogen-bond donors (Lipinski definition) is 1. The molecule has 0 bridgehead atoms. The summed E-state index contributed by atoms with van der Waals surface area (Å²) in [5.74, 6) is 0.229. The number of benzene rings is 1. The second-order valence-electron chi connectivity index (χ2n) is 5.12. The number of aromatic hydroxyl groups is 1. The Bertz CT molecular complexity index is 790. The lowest BCUT2D eigenvalue weighted by Gasteiger charge is -2.02. The van der Waals surface area contributed by atoms with Gasteiger partial charge in [-0.2, -0.15) is 0 Å². The maximum atomic E-state index is 11.8. The SMILES string of the molecule is CCc1cc(O)c(C=Nc2ccc(C(=O)CCOC)cc2)c(=O)o1. The molecule has 6 nitrogen and oxygen atoms in total. The van der Waals surface area contributed by atoms with E-state index in [2.05, 4.69) is 4.99 Å². The summed E-state index contributed by atoms with van der Waals surface area (Å²) in [5, 5.41) is 9.87. The molecule has 1 aromatic heterocycles. The monoisotopic (exact) mass is 329 g/mol. The Morgan fingerprint density at radius 2 is 2.04 bits per heavy atom. The minimum absolute atomic E-state index is 0.00699. The quantitative estimate of drug-likeness (QED) is 0.623. The number of Topliss-reactive ketones (excluding diaryl/α,β-unsaturated/α-hetero) is 1. The van der Waals surface area contributed by atoms with E-state index in [0.717, 1.165) is 0 Å². The number of rotatable bonds is 7. The Hall–Kier alpha value is -2.73. The number of ether oxygens (including phenoxy) is 1. The molecule has 2 aromatic rings. The molecule has 0 fully saturated rings. The lowest BCUT2D eigenvalue weighted by Crippen LogP contribution is -2.08. The van der Waals surface area contributed by atoms with Gasteiger partial charge < -0.3 is 14.3 Å². The molecule has 1 heterocycles. The van der Waals surface area contributed by atoms with Crippen molar-refractivity contribution in [1.29, 1.82) is 0 Å². The van der Waals surface area contributed by atoms with Gasteiger partial charge in [-0.1, -0.05) is 6.92 Å². The largest absolute Gasteiger partial charge is 0.507 e. The van der Waals surface area contributed by atoms with Crippen molar-refractivity contribution in [2.24, 2.45) is 4.99 Å². The van der Waals surface area contributed by atoms with Crippen molar-refractivity contribution in [1.82, 2.24) is 0 Å². The van der Waals surface area contributed by atoms with Crippen LogP contribution in [0.3, 0.4) is 0 Å². The van der Waals surface area contributed by atoms with E-state index in [1.165, 1.54) is 12.3 Å². The van der Waals surface area contributed by atoms with E-state index in [1.807, 2.05) is 6.92 Å². The average Bonchev–Trinajstić information content (AvgIpc) is 2.59. The summed E-state index contributed by atoms with van der Waals surface area (Å²) in [4.78, 5) is 27.8. The molecule has 0 aliphatic rings. The second kappa shape index (κ2) is 8.21. The molecule has 0 spiro atoms. The molecular weight excluding hydrogens is 310 g/mol. The van der Waals surface area contributed by atoms with Crippen LogP contribution >= 0.6 is 0 Å². The summed E-state index contributed by atoms with van der Waals surface area (Å²) in [5.41, 5.74) is 0.478. The summed E-state index contributed by atoms with van der Waals surface area (Å²) < 4.78 is 9.93. The number of nitrogens with zero attached hydrogens (tertiary/aromatic N) is 1. The zero-order valence-corrected chi connectivity index (χ0v) is 13.6. The van der Waals surface area contributed by atoms with Gasteiger partial charge >= 0.3 is 5.63 Å². The van der Waals surface area contributed by atoms with Gasteiger partial charge in [0.2, 0.25) is 0 Å². The highest BCUT2D eigenvalue weighted by atomic mass is 16.5. The first-order chi connectivity index (χ1) is 11.5. The molecule has 0 atom stereocenters. The molecule has 0 aliphatic heterocycles. The first-order valence-electron chi connectivity index (χ1n) is 7.57. The van der Waals surface area contributed by atoms with Gasteiger partial charge in [0.05, 0.1) is 12.3 Å². The van der Waals surface area contributed by atoms with Crippen molar-refractivity contribution in [3.8, 4) is 5.75 Å². The molecule has 0 aliphatic carbocycles. The fourth-order valence-corrected chi connectivity index (χ4v) is 2.04. The third kappa shape index (κ3) is 4.39. The number of carbonyl (C=O) groups is 1. The van der Waals surface area contributed by atoms with Gasteiger partial charge in [-0.3, -0.25) is 9.79 Å². The Kier molecular flexibility index (Phi) is 6.03. The molecule has 0 amide bonds. The number of carbonyl (C=O) groups excluding carboxylic acids is 1. The highest BCUT2D eigenvalue weighted by Gasteiger charge is 2.09. The van der Waals surface area contributed by atoms with Crippen molar-refractivity contribution in [2.75, 3.05) is 13.7 Å². The average molecular weight is 329 g/mol. The standard InChI is InChI=1S/C18H19NO5/c1-3-14-10-17(21)15(18(22)24-14)11-19-13-6-4-12(5-7-13)16(20)8-9-23-2/h4-7,10-11,21H,3,8-9H2,1-2H3. The fraction of sp³-hybridized carbons (Fsp3) is 0.278. The molecule has 0 saturated carbocycles. The molecule has 24 heavy (non-hydrogen) atoms. The molecule has 2 rings (SSSR count). The third-order valence-electron chi connectivity index (χ3n) is 3.43. The van der Waals surface area contributed by atoms with E-state index in [9.17, 15) is 14.7 Å². The number of methoxy groups -OCH3 is 1. The third-order valence-corrected chi connectivity index (χ3v) is 3.43. The second-order valence-corrected chi connectivity index (χ2v) is 5.12. The van der Waals surface area contributed by atoms with Crippen LogP contribution in [0.4, 0.5) is 5.69 Å². The van der Waals surface area contributed by atoms with Gasteiger partial charge in [-0.05, 0) is 24.3 Å². The van der Waals surface area contributed by atoms with Crippen LogP contribution in [-0.4, -0.2) is 30.8 Å². The van der Waals surface area contributed by atoms with E-state index < -0.39 is 5.63 Å². The zero-order valence-electron chi connectivity index (χ0n) is 13.6. The number of aliphatic imine (C=N–C) groups is 1. The number of hydrogen-bond acceptors (Lipinski definition) is 6. The first kappa shape index (κ1) is 17.6. The van der Waals surface area contributed by atoms with Crippen LogP contribution in [0.15, 0.2) is 44.5 Å². The van der Waals surface area contributed by atoms with E-state index in [0.29, 0.717) is 36.5 Å². The van der Waals surface area contributed by atoms with Crippen LogP contribution in [0.5, 0.6) is 5.75 Å². The minimum atomic E-state index is -0.637. The Labute approximate surface area is 139 Å². The molecular formula is C18H19NO5. The number of ketones is 1. The van der Waals surface area contributed by atoms with E-state index in [4.69, 9.17) is 9.15 Å². The number of aryl methyl sites for hydroxylation is 1. The predicted octanol–water partition coefficient (Wildman–Crippen LogP) is 2.88. The van der Waals surface area contributed by atoms with Crippen LogP contribution in [0.1, 0.15) is 35.0 Å². The normalized spacial score (nSPS) is 11.1. The molecule has 1 N–H and O–H groups in total. The maximum absolute atomic E-state index is 11.8. The maximum Gasteiger partial charge on any atom is 0.348 e. The highest BCUT2D eigenvalue weighted by Crippen LogP contribution is 2.17. The van der Waals surface area contributed by atoms with Crippen molar-refractivity contribution >= 4 is 17.7 Å². The van der Waals surface area contributed by atoms with Gasteiger partial charge in [0.1, 0.15) is 17.1 Å². The van der Waals surface area contributed by atoms with Gasteiger partial charge in [-0.15, -0.1) is 0 Å². The summed E-state index contributed by atoms with van der Waals surface area (Å²) >= 11 is 0. The zero-order chi connectivity index (χ0) is 17.5. The summed E-state index contributed by atoms with van der Waals surface area (Å²) in [6.07, 6.45) is 2.08. The van der Waals surface area contributed by atoms with Crippen molar-refractivity contribution in [3.05, 3.63) is 57.6 Å². The summed E-state index contributed by atoms with van der Waals surface area (Å²) in [6, 6.07) is 8.05. The van der Waals surface area contributed by atoms with E-state index in [-0.39, 0.29) is 17.1 Å². The Morgan fingerprint density at radius 1 is 1.33 bits per heavy atom. The lowest BCUT2D eigenvalue weighted by molar-refractivity contribution is 0.0932. The van der Waals surface area contributed by atoms with Crippen LogP contribution < -0.4 is 5.63 Å². The lowest BCUT2D eigenvalue weighted by atomic mass is 10.1. The van der Waals surface area contributed by atoms with Crippen molar-refractivity contribution in [3.63, 3.8) is 0 Å². The van der Waals surface area contributed by atoms with Gasteiger partial charge in [0.25, 0.3) is 0 Å². The van der Waals surface area contributed by atoms with Crippen molar-refractivity contribution in [2.45, 2.75) is 19.8 Å². The van der Waals surface area contributed by atoms with E-state index >= 15 is 0 Å². The smallest absolute Gasteiger partial charge is 0.348 e. The fourth-order valence-electron chi connectivity index (χ4n) is 2.04. The Morgan fingerprint density at radius 3 is 2.62 bits per heavy atom. The minimum Gasteiger partial charge on any atom is -0.507 e. The van der Waals surface area contributed by atoms with Crippen LogP contribution in [0.25, 0.3) is 0 Å². The predicted molar refractivity (Wildman–Crippen MR) is 90.5 cm³/mol. The molecule has 1 aromatic carbocycles. The van der Waals surface area contributed by atoms with Gasteiger partial charge in [0, 0.05) is 37.8 Å². The Balaban J connectivity index is 2.16. The van der Waals surface area contributed by atoms with Crippen molar-refractivity contribution < 1.29 is 19.1 Å². The highest BCUT2D eigenvalue weighted by molar-refractivity contribution is 5.96. The molecule has 0 unspecified atom stereocenters. The van der Waals surface area contributed by atoms with Crippen LogP contribution in [-0.2, 0) is 11.2 Å². The van der Waals surface area contributed by atoms with E-state index in [1.54, 1.807) is 31.4 Å². The molecule has 0 radical (unpaired) electrons. The van der Waals surface area contributed by atoms with Crippen LogP contribution in [0.2, 0.25) is 0 Å². The summed E-state index contributed by atoms with van der Waals surface area (Å²) in [6.45, 7) is 2.20. The van der Waals surface area contributed by atoms with Crippen LogP contribution in [0, 0.1) is 0 Å². The topological polar surface area (TPSA) is 89.1 Å². The van der Waals surface area contributed by atoms with Gasteiger partial charge in [-0.25, -0.2) is 4.79 Å². The molecule has 126 valence electrons. The van der Waals surface area contributed by atoms with Gasteiger partial charge in [0.15, 0.2) is 5.78 Å². The first-order valence-corrected chi connectivity index (χ1v) is 7.57.